The Balaban J connectivity index is 1.55. The van der Waals surface area contributed by atoms with E-state index >= 15 is 0 Å². The van der Waals surface area contributed by atoms with Crippen LogP contribution < -0.4 is 10.6 Å². The number of carbonyl (C=O) groups excluding carboxylic acids is 2. The van der Waals surface area contributed by atoms with Crippen molar-refractivity contribution in [3.8, 4) is 11.1 Å². The number of aliphatic hydroxyl groups excluding tert-OH is 1. The molecular weight excluding hydrogens is 304 g/mol. The lowest BCUT2D eigenvalue weighted by Crippen LogP contribution is -2.39. The van der Waals surface area contributed by atoms with Gasteiger partial charge in [-0.1, -0.05) is 42.5 Å². The summed E-state index contributed by atoms with van der Waals surface area (Å²) < 4.78 is 0. The van der Waals surface area contributed by atoms with E-state index in [9.17, 15) is 14.7 Å². The van der Waals surface area contributed by atoms with E-state index in [4.69, 9.17) is 0 Å². The average molecular weight is 324 g/mol. The van der Waals surface area contributed by atoms with E-state index in [0.717, 1.165) is 24.0 Å². The molecule has 3 N–H and O–H groups in total. The fraction of sp³-hybridized carbons (Fsp3) is 0.263. The zero-order valence-electron chi connectivity index (χ0n) is 13.3. The van der Waals surface area contributed by atoms with E-state index in [-0.39, 0.29) is 12.0 Å². The third-order valence-corrected chi connectivity index (χ3v) is 4.37. The molecule has 1 aliphatic rings. The number of hydrogen-bond acceptors (Lipinski definition) is 3. The lowest BCUT2D eigenvalue weighted by molar-refractivity contribution is -0.136. The summed E-state index contributed by atoms with van der Waals surface area (Å²) in [6, 6.07) is 17.2. The molecule has 5 heteroatoms. The molecule has 124 valence electrons. The molecule has 0 aliphatic heterocycles. The fourth-order valence-corrected chi connectivity index (χ4v) is 2.48. The van der Waals surface area contributed by atoms with Crippen molar-refractivity contribution in [2.45, 2.75) is 12.8 Å². The molecule has 0 saturated heterocycles. The van der Waals surface area contributed by atoms with Gasteiger partial charge < -0.3 is 15.7 Å². The van der Waals surface area contributed by atoms with Gasteiger partial charge in [0.2, 0.25) is 0 Å². The first-order valence-corrected chi connectivity index (χ1v) is 7.97. The van der Waals surface area contributed by atoms with E-state index < -0.39 is 11.8 Å². The Kier molecular flexibility index (Phi) is 4.62. The van der Waals surface area contributed by atoms with Gasteiger partial charge in [-0.3, -0.25) is 9.59 Å². The molecule has 2 amide bonds. The van der Waals surface area contributed by atoms with Crippen LogP contribution in [0.5, 0.6) is 0 Å². The molecule has 0 radical (unpaired) electrons. The third kappa shape index (κ3) is 3.81. The molecule has 24 heavy (non-hydrogen) atoms. The van der Waals surface area contributed by atoms with Crippen LogP contribution in [0.1, 0.15) is 12.8 Å². The number of aliphatic hydroxyl groups is 1. The van der Waals surface area contributed by atoms with Gasteiger partial charge in [-0.2, -0.15) is 0 Å². The van der Waals surface area contributed by atoms with Crippen LogP contribution in [-0.2, 0) is 9.59 Å². The van der Waals surface area contributed by atoms with Crippen LogP contribution in [0.25, 0.3) is 11.1 Å². The standard InChI is InChI=1S/C19H20N2O3/c22-13-19(10-11-19)12-20-17(23)18(24)21-16-8-6-15(7-9-16)14-4-2-1-3-5-14/h1-9,22H,10-13H2,(H,20,23)(H,21,24). The van der Waals surface area contributed by atoms with Gasteiger partial charge in [-0.15, -0.1) is 0 Å². The molecule has 5 nitrogen and oxygen atoms in total. The number of benzene rings is 2. The minimum Gasteiger partial charge on any atom is -0.396 e. The maximum atomic E-state index is 11.9. The Labute approximate surface area is 140 Å². The second-order valence-corrected chi connectivity index (χ2v) is 6.24. The zero-order chi connectivity index (χ0) is 17.0. The predicted molar refractivity (Wildman–Crippen MR) is 92.3 cm³/mol. The molecule has 1 aliphatic carbocycles. The lowest BCUT2D eigenvalue weighted by Gasteiger charge is -2.12. The normalized spacial score (nSPS) is 14.7. The molecular formula is C19H20N2O3. The summed E-state index contributed by atoms with van der Waals surface area (Å²) in [4.78, 5) is 23.7. The predicted octanol–water partition coefficient (Wildman–Crippen LogP) is 2.18. The summed E-state index contributed by atoms with van der Waals surface area (Å²) in [5, 5.41) is 14.4. The molecule has 2 aromatic carbocycles. The van der Waals surface area contributed by atoms with Crippen molar-refractivity contribution in [1.82, 2.24) is 5.32 Å². The molecule has 0 aromatic heterocycles. The van der Waals surface area contributed by atoms with Crippen LogP contribution in [-0.4, -0.2) is 30.1 Å². The molecule has 2 aromatic rings. The van der Waals surface area contributed by atoms with E-state index in [0.29, 0.717) is 12.2 Å². The first kappa shape index (κ1) is 16.2. The summed E-state index contributed by atoms with van der Waals surface area (Å²) >= 11 is 0. The summed E-state index contributed by atoms with van der Waals surface area (Å²) in [7, 11) is 0. The molecule has 0 unspecified atom stereocenters. The third-order valence-electron chi connectivity index (χ3n) is 4.37. The summed E-state index contributed by atoms with van der Waals surface area (Å²) in [6.45, 7) is 0.374. The Morgan fingerprint density at radius 1 is 0.917 bits per heavy atom. The fourth-order valence-electron chi connectivity index (χ4n) is 2.48. The van der Waals surface area contributed by atoms with Crippen LogP contribution in [0, 0.1) is 5.41 Å². The smallest absolute Gasteiger partial charge is 0.313 e. The molecule has 0 heterocycles. The van der Waals surface area contributed by atoms with Crippen LogP contribution in [0.4, 0.5) is 5.69 Å². The van der Waals surface area contributed by atoms with Crippen LogP contribution in [0.3, 0.4) is 0 Å². The van der Waals surface area contributed by atoms with Crippen molar-refractivity contribution in [2.24, 2.45) is 5.41 Å². The topological polar surface area (TPSA) is 78.4 Å². The number of anilines is 1. The van der Waals surface area contributed by atoms with Gasteiger partial charge in [0.1, 0.15) is 0 Å². The molecule has 0 bridgehead atoms. The van der Waals surface area contributed by atoms with E-state index in [1.165, 1.54) is 0 Å². The van der Waals surface area contributed by atoms with E-state index in [2.05, 4.69) is 10.6 Å². The van der Waals surface area contributed by atoms with Crippen LogP contribution >= 0.6 is 0 Å². The quantitative estimate of drug-likeness (QED) is 0.738. The average Bonchev–Trinajstić information content (AvgIpc) is 3.41. The minimum atomic E-state index is -0.698. The summed E-state index contributed by atoms with van der Waals surface area (Å²) in [6.07, 6.45) is 1.76. The highest BCUT2D eigenvalue weighted by Gasteiger charge is 2.42. The van der Waals surface area contributed by atoms with Crippen molar-refractivity contribution in [3.05, 3.63) is 54.6 Å². The summed E-state index contributed by atoms with van der Waals surface area (Å²) in [5.41, 5.74) is 2.48. The number of carbonyl (C=O) groups is 2. The number of rotatable bonds is 5. The minimum absolute atomic E-state index is 0.0375. The molecule has 1 saturated carbocycles. The SMILES string of the molecule is O=C(NCC1(CO)CC1)C(=O)Nc1ccc(-c2ccccc2)cc1. The first-order valence-electron chi connectivity index (χ1n) is 7.97. The molecule has 0 spiro atoms. The number of amides is 2. The molecule has 3 rings (SSSR count). The Hall–Kier alpha value is -2.66. The highest BCUT2D eigenvalue weighted by molar-refractivity contribution is 6.39. The zero-order valence-corrected chi connectivity index (χ0v) is 13.3. The highest BCUT2D eigenvalue weighted by atomic mass is 16.3. The Bertz CT molecular complexity index is 722. The van der Waals surface area contributed by atoms with Crippen molar-refractivity contribution in [2.75, 3.05) is 18.5 Å². The molecule has 1 fully saturated rings. The maximum Gasteiger partial charge on any atom is 0.313 e. The summed E-state index contributed by atoms with van der Waals surface area (Å²) in [5.74, 6) is -1.38. The first-order chi connectivity index (χ1) is 11.6. The van der Waals surface area contributed by atoms with Gasteiger partial charge in [0.15, 0.2) is 0 Å². The van der Waals surface area contributed by atoms with E-state index in [1.807, 2.05) is 42.5 Å². The Morgan fingerprint density at radius 3 is 2.12 bits per heavy atom. The Morgan fingerprint density at radius 2 is 1.54 bits per heavy atom. The lowest BCUT2D eigenvalue weighted by atomic mass is 10.1. The van der Waals surface area contributed by atoms with Crippen molar-refractivity contribution < 1.29 is 14.7 Å². The maximum absolute atomic E-state index is 11.9. The van der Waals surface area contributed by atoms with Crippen molar-refractivity contribution in [3.63, 3.8) is 0 Å². The van der Waals surface area contributed by atoms with Gasteiger partial charge in [0, 0.05) is 17.6 Å². The van der Waals surface area contributed by atoms with Gasteiger partial charge in [0.05, 0.1) is 6.61 Å². The number of hydrogen-bond donors (Lipinski definition) is 3. The second-order valence-electron chi connectivity index (χ2n) is 6.24. The van der Waals surface area contributed by atoms with Crippen molar-refractivity contribution in [1.29, 1.82) is 0 Å². The van der Waals surface area contributed by atoms with Crippen LogP contribution in [0.2, 0.25) is 0 Å². The van der Waals surface area contributed by atoms with Gasteiger partial charge in [0.25, 0.3) is 0 Å². The second kappa shape index (κ2) is 6.84. The van der Waals surface area contributed by atoms with Crippen molar-refractivity contribution >= 4 is 17.5 Å². The van der Waals surface area contributed by atoms with E-state index in [1.54, 1.807) is 12.1 Å². The number of nitrogens with one attached hydrogen (secondary N) is 2. The largest absolute Gasteiger partial charge is 0.396 e. The van der Waals surface area contributed by atoms with Gasteiger partial charge >= 0.3 is 11.8 Å². The monoisotopic (exact) mass is 324 g/mol. The van der Waals surface area contributed by atoms with Gasteiger partial charge in [-0.25, -0.2) is 0 Å². The molecule has 0 atom stereocenters. The highest BCUT2D eigenvalue weighted by Crippen LogP contribution is 2.44. The van der Waals surface area contributed by atoms with Gasteiger partial charge in [-0.05, 0) is 36.1 Å². The van der Waals surface area contributed by atoms with Crippen LogP contribution in [0.15, 0.2) is 54.6 Å².